The zero-order valence-corrected chi connectivity index (χ0v) is 9.65. The maximum atomic E-state index is 11.6. The molecule has 0 saturated carbocycles. The van der Waals surface area contributed by atoms with Crippen LogP contribution in [0.1, 0.15) is 0 Å². The quantitative estimate of drug-likeness (QED) is 0.699. The molecule has 6 nitrogen and oxygen atoms in total. The smallest absolute Gasteiger partial charge is 0.345 e. The van der Waals surface area contributed by atoms with Gasteiger partial charge in [0.2, 0.25) is 5.88 Å². The highest BCUT2D eigenvalue weighted by atomic mass is 32.2. The van der Waals surface area contributed by atoms with Crippen LogP contribution in [0.5, 0.6) is 5.88 Å². The van der Waals surface area contributed by atoms with Gasteiger partial charge in [0.05, 0.1) is 19.0 Å². The van der Waals surface area contributed by atoms with E-state index in [1.54, 1.807) is 0 Å². The standard InChI is InChI=1S/C8H10F2N2O4S/c1-17(13,14)7-5-11-6(4-12-7)15-2-3-16-8(9)10/h4-5,8H,2-3H2,1H3. The van der Waals surface area contributed by atoms with Gasteiger partial charge in [-0.1, -0.05) is 0 Å². The van der Waals surface area contributed by atoms with Crippen LogP contribution in [0.3, 0.4) is 0 Å². The minimum atomic E-state index is -3.41. The number of nitrogens with zero attached hydrogens (tertiary/aromatic N) is 2. The number of ether oxygens (including phenoxy) is 2. The van der Waals surface area contributed by atoms with E-state index in [1.165, 1.54) is 0 Å². The fourth-order valence-electron chi connectivity index (χ4n) is 0.854. The summed E-state index contributed by atoms with van der Waals surface area (Å²) in [6.45, 7) is -3.28. The average molecular weight is 268 g/mol. The number of halogens is 2. The predicted octanol–water partition coefficient (Wildman–Crippen LogP) is 0.498. The number of aromatic nitrogens is 2. The molecule has 0 aliphatic heterocycles. The van der Waals surface area contributed by atoms with Gasteiger partial charge in [-0.3, -0.25) is 0 Å². The summed E-state index contributed by atoms with van der Waals surface area (Å²) in [7, 11) is -3.41. The highest BCUT2D eigenvalue weighted by Gasteiger charge is 2.09. The topological polar surface area (TPSA) is 78.4 Å². The largest absolute Gasteiger partial charge is 0.474 e. The van der Waals surface area contributed by atoms with Crippen molar-refractivity contribution in [2.45, 2.75) is 11.6 Å². The molecule has 0 aliphatic rings. The molecule has 0 aliphatic carbocycles. The molecular formula is C8H10F2N2O4S. The molecule has 0 aromatic carbocycles. The van der Waals surface area contributed by atoms with Crippen LogP contribution >= 0.6 is 0 Å². The van der Waals surface area contributed by atoms with Crippen molar-refractivity contribution < 1.29 is 26.7 Å². The SMILES string of the molecule is CS(=O)(=O)c1cnc(OCCOC(F)F)cn1. The Morgan fingerprint density at radius 1 is 1.29 bits per heavy atom. The summed E-state index contributed by atoms with van der Waals surface area (Å²) < 4.78 is 54.0. The minimum Gasteiger partial charge on any atom is -0.474 e. The Kier molecular flexibility index (Phi) is 4.70. The first kappa shape index (κ1) is 13.7. The van der Waals surface area contributed by atoms with E-state index in [-0.39, 0.29) is 24.1 Å². The first-order chi connectivity index (χ1) is 7.89. The van der Waals surface area contributed by atoms with Gasteiger partial charge in [-0.2, -0.15) is 8.78 Å². The van der Waals surface area contributed by atoms with E-state index in [0.29, 0.717) is 0 Å². The van der Waals surface area contributed by atoms with Crippen molar-refractivity contribution in [1.29, 1.82) is 0 Å². The first-order valence-electron chi connectivity index (χ1n) is 4.44. The molecular weight excluding hydrogens is 258 g/mol. The number of sulfone groups is 1. The summed E-state index contributed by atoms with van der Waals surface area (Å²) in [5, 5.41) is -0.186. The lowest BCUT2D eigenvalue weighted by atomic mass is 10.7. The molecule has 0 atom stereocenters. The third kappa shape index (κ3) is 5.00. The Labute approximate surface area is 96.5 Å². The van der Waals surface area contributed by atoms with E-state index in [9.17, 15) is 17.2 Å². The number of hydrogen-bond donors (Lipinski definition) is 0. The Bertz CT molecular complexity index is 449. The third-order valence-corrected chi connectivity index (χ3v) is 2.53. The fraction of sp³-hybridized carbons (Fsp3) is 0.500. The summed E-state index contributed by atoms with van der Waals surface area (Å²) >= 11 is 0. The molecule has 1 heterocycles. The van der Waals surface area contributed by atoms with Gasteiger partial charge in [0.15, 0.2) is 14.9 Å². The van der Waals surface area contributed by atoms with Crippen LogP contribution in [0.2, 0.25) is 0 Å². The maximum Gasteiger partial charge on any atom is 0.345 e. The summed E-state index contributed by atoms with van der Waals surface area (Å²) in [6.07, 6.45) is 3.12. The molecule has 96 valence electrons. The Morgan fingerprint density at radius 3 is 2.47 bits per heavy atom. The number of rotatable bonds is 6. The summed E-state index contributed by atoms with van der Waals surface area (Å²) in [5.41, 5.74) is 0. The lowest BCUT2D eigenvalue weighted by Gasteiger charge is -2.05. The molecule has 0 bridgehead atoms. The average Bonchev–Trinajstić information content (AvgIpc) is 2.23. The normalized spacial score (nSPS) is 11.8. The Morgan fingerprint density at radius 2 is 2.00 bits per heavy atom. The lowest BCUT2D eigenvalue weighted by molar-refractivity contribution is -0.133. The second kappa shape index (κ2) is 5.82. The fourth-order valence-corrected chi connectivity index (χ4v) is 1.34. The van der Waals surface area contributed by atoms with Gasteiger partial charge in [-0.15, -0.1) is 0 Å². The van der Waals surface area contributed by atoms with E-state index in [2.05, 4.69) is 14.7 Å². The molecule has 0 amide bonds. The van der Waals surface area contributed by atoms with Crippen LogP contribution in [0.25, 0.3) is 0 Å². The lowest BCUT2D eigenvalue weighted by Crippen LogP contribution is -2.11. The van der Waals surface area contributed by atoms with Gasteiger partial charge >= 0.3 is 6.61 Å². The van der Waals surface area contributed by atoms with Gasteiger partial charge in [0.25, 0.3) is 0 Å². The van der Waals surface area contributed by atoms with Crippen molar-refractivity contribution in [2.24, 2.45) is 0 Å². The molecule has 1 aromatic heterocycles. The van der Waals surface area contributed by atoms with E-state index in [4.69, 9.17) is 4.74 Å². The van der Waals surface area contributed by atoms with E-state index in [0.717, 1.165) is 18.6 Å². The summed E-state index contributed by atoms with van der Waals surface area (Å²) in [5.74, 6) is 0.0373. The second-order valence-electron chi connectivity index (χ2n) is 2.94. The molecule has 0 unspecified atom stereocenters. The molecule has 17 heavy (non-hydrogen) atoms. The zero-order chi connectivity index (χ0) is 12.9. The maximum absolute atomic E-state index is 11.6. The minimum absolute atomic E-state index is 0.0373. The zero-order valence-electron chi connectivity index (χ0n) is 8.84. The van der Waals surface area contributed by atoms with Crippen LogP contribution in [-0.4, -0.2) is 44.5 Å². The first-order valence-corrected chi connectivity index (χ1v) is 6.33. The monoisotopic (exact) mass is 268 g/mol. The molecule has 0 saturated heterocycles. The van der Waals surface area contributed by atoms with Crippen LogP contribution in [-0.2, 0) is 14.6 Å². The van der Waals surface area contributed by atoms with E-state index < -0.39 is 16.4 Å². The molecule has 0 fully saturated rings. The Hall–Kier alpha value is -1.35. The predicted molar refractivity (Wildman–Crippen MR) is 52.6 cm³/mol. The van der Waals surface area contributed by atoms with Crippen LogP contribution in [0.15, 0.2) is 17.4 Å². The van der Waals surface area contributed by atoms with Crippen molar-refractivity contribution in [3.63, 3.8) is 0 Å². The van der Waals surface area contributed by atoms with Crippen LogP contribution in [0.4, 0.5) is 8.78 Å². The van der Waals surface area contributed by atoms with E-state index in [1.807, 2.05) is 0 Å². The highest BCUT2D eigenvalue weighted by Crippen LogP contribution is 2.08. The summed E-state index contributed by atoms with van der Waals surface area (Å²) in [4.78, 5) is 7.25. The third-order valence-electron chi connectivity index (χ3n) is 1.56. The van der Waals surface area contributed by atoms with Crippen molar-refractivity contribution >= 4 is 9.84 Å². The molecule has 1 aromatic rings. The number of alkyl halides is 2. The van der Waals surface area contributed by atoms with Crippen molar-refractivity contribution in [3.8, 4) is 5.88 Å². The van der Waals surface area contributed by atoms with Gasteiger partial charge in [-0.25, -0.2) is 18.4 Å². The molecule has 0 radical (unpaired) electrons. The van der Waals surface area contributed by atoms with Crippen LogP contribution in [0, 0.1) is 0 Å². The van der Waals surface area contributed by atoms with Gasteiger partial charge < -0.3 is 9.47 Å². The number of hydrogen-bond acceptors (Lipinski definition) is 6. The van der Waals surface area contributed by atoms with Crippen molar-refractivity contribution in [1.82, 2.24) is 9.97 Å². The molecule has 9 heteroatoms. The van der Waals surface area contributed by atoms with E-state index >= 15 is 0 Å². The van der Waals surface area contributed by atoms with Gasteiger partial charge in [-0.05, 0) is 0 Å². The van der Waals surface area contributed by atoms with Crippen molar-refractivity contribution in [3.05, 3.63) is 12.4 Å². The highest BCUT2D eigenvalue weighted by molar-refractivity contribution is 7.90. The van der Waals surface area contributed by atoms with Gasteiger partial charge in [0.1, 0.15) is 6.61 Å². The van der Waals surface area contributed by atoms with Gasteiger partial charge in [0, 0.05) is 6.26 Å². The second-order valence-corrected chi connectivity index (χ2v) is 4.91. The van der Waals surface area contributed by atoms with Crippen LogP contribution < -0.4 is 4.74 Å². The molecule has 1 rings (SSSR count). The molecule has 0 spiro atoms. The Balaban J connectivity index is 2.46. The summed E-state index contributed by atoms with van der Waals surface area (Å²) in [6, 6.07) is 0. The molecule has 0 N–H and O–H groups in total. The van der Waals surface area contributed by atoms with Crippen molar-refractivity contribution in [2.75, 3.05) is 19.5 Å².